The molecule has 134 valence electrons. The zero-order chi connectivity index (χ0) is 17.7. The second-order valence-electron chi connectivity index (χ2n) is 7.28. The Balaban J connectivity index is 1.66. The fourth-order valence-corrected chi connectivity index (χ4v) is 4.46. The Morgan fingerprint density at radius 2 is 1.96 bits per heavy atom. The second kappa shape index (κ2) is 5.86. The molecule has 5 rings (SSSR count). The summed E-state index contributed by atoms with van der Waals surface area (Å²) < 4.78 is 3.87. The van der Waals surface area contributed by atoms with E-state index in [2.05, 4.69) is 15.4 Å². The lowest BCUT2D eigenvalue weighted by Gasteiger charge is -2.27. The van der Waals surface area contributed by atoms with E-state index in [9.17, 15) is 9.59 Å². The lowest BCUT2D eigenvalue weighted by molar-refractivity contribution is -0.116. The minimum absolute atomic E-state index is 0.0584. The van der Waals surface area contributed by atoms with Crippen LogP contribution in [0.1, 0.15) is 61.7 Å². The van der Waals surface area contributed by atoms with Crippen molar-refractivity contribution >= 4 is 17.4 Å². The van der Waals surface area contributed by atoms with Crippen LogP contribution < -0.4 is 10.9 Å². The summed E-state index contributed by atoms with van der Waals surface area (Å²) in [7, 11) is 0. The summed E-state index contributed by atoms with van der Waals surface area (Å²) in [6, 6.07) is 6.03. The molecule has 0 bridgehead atoms. The van der Waals surface area contributed by atoms with E-state index in [4.69, 9.17) is 0 Å². The Morgan fingerprint density at radius 3 is 2.81 bits per heavy atom. The number of anilines is 1. The van der Waals surface area contributed by atoms with Crippen LogP contribution in [0.2, 0.25) is 0 Å². The first-order valence-corrected chi connectivity index (χ1v) is 9.28. The number of fused-ring (bicyclic) bond motifs is 2. The van der Waals surface area contributed by atoms with Crippen LogP contribution in [0.4, 0.5) is 5.82 Å². The van der Waals surface area contributed by atoms with Crippen LogP contribution in [0.3, 0.4) is 0 Å². The largest absolute Gasteiger partial charge is 0.311 e. The number of hydrogen-bond donors (Lipinski definition) is 2. The molecule has 1 atom stereocenters. The molecule has 7 nitrogen and oxygen atoms in total. The fraction of sp³-hybridized carbons (Fsp3) is 0.421. The van der Waals surface area contributed by atoms with Crippen molar-refractivity contribution in [3.05, 3.63) is 52.2 Å². The van der Waals surface area contributed by atoms with Gasteiger partial charge < -0.3 is 9.72 Å². The number of carbonyl (C=O) groups excluding carboxylic acids is 1. The van der Waals surface area contributed by atoms with Crippen molar-refractivity contribution in [2.75, 3.05) is 5.32 Å². The molecule has 4 heterocycles. The molecule has 1 amide bonds. The van der Waals surface area contributed by atoms with E-state index in [1.54, 1.807) is 6.20 Å². The van der Waals surface area contributed by atoms with Crippen molar-refractivity contribution in [3.8, 4) is 0 Å². The van der Waals surface area contributed by atoms with E-state index in [0.29, 0.717) is 11.4 Å². The zero-order valence-electron chi connectivity index (χ0n) is 14.4. The molecule has 3 aromatic heterocycles. The molecule has 1 saturated carbocycles. The number of H-pyrrole nitrogens is 1. The standard InChI is InChI=1S/C19H21N5O2/c25-16-10-13(14-11-20-15-8-4-5-9-23(14)15)17-18(21-16)24(22-19(17)26)12-6-2-1-3-7-12/h4-5,8-9,11-13H,1-3,6-7,10H2,(H,21,25)(H,22,26). The van der Waals surface area contributed by atoms with E-state index in [0.717, 1.165) is 37.0 Å². The van der Waals surface area contributed by atoms with Crippen molar-refractivity contribution in [2.45, 2.75) is 50.5 Å². The molecule has 1 aliphatic heterocycles. The Hall–Kier alpha value is -2.83. The quantitative estimate of drug-likeness (QED) is 0.744. The molecule has 1 fully saturated rings. The van der Waals surface area contributed by atoms with Gasteiger partial charge in [-0.2, -0.15) is 0 Å². The van der Waals surface area contributed by atoms with Gasteiger partial charge in [0.25, 0.3) is 5.56 Å². The first-order chi connectivity index (χ1) is 12.7. The summed E-state index contributed by atoms with van der Waals surface area (Å²) in [6.07, 6.45) is 9.58. The predicted molar refractivity (Wildman–Crippen MR) is 97.5 cm³/mol. The van der Waals surface area contributed by atoms with Gasteiger partial charge in [-0.25, -0.2) is 4.98 Å². The average molecular weight is 351 g/mol. The van der Waals surface area contributed by atoms with Crippen molar-refractivity contribution < 1.29 is 4.79 Å². The van der Waals surface area contributed by atoms with Crippen LogP contribution in [0.5, 0.6) is 0 Å². The molecule has 7 heteroatoms. The highest BCUT2D eigenvalue weighted by Crippen LogP contribution is 2.38. The molecule has 0 aromatic carbocycles. The molecular formula is C19H21N5O2. The smallest absolute Gasteiger partial charge is 0.270 e. The number of nitrogens with one attached hydrogen (secondary N) is 2. The number of aromatic nitrogens is 4. The number of rotatable bonds is 2. The van der Waals surface area contributed by atoms with Gasteiger partial charge in [0.2, 0.25) is 5.91 Å². The van der Waals surface area contributed by atoms with Crippen molar-refractivity contribution in [1.82, 2.24) is 19.2 Å². The van der Waals surface area contributed by atoms with Crippen molar-refractivity contribution in [1.29, 1.82) is 0 Å². The van der Waals surface area contributed by atoms with Crippen molar-refractivity contribution in [3.63, 3.8) is 0 Å². The third kappa shape index (κ3) is 2.30. The van der Waals surface area contributed by atoms with E-state index in [1.807, 2.05) is 33.5 Å². The highest BCUT2D eigenvalue weighted by Gasteiger charge is 2.35. The minimum atomic E-state index is -0.287. The van der Waals surface area contributed by atoms with Gasteiger partial charge in [-0.1, -0.05) is 25.3 Å². The molecule has 1 aliphatic carbocycles. The van der Waals surface area contributed by atoms with Crippen molar-refractivity contribution in [2.24, 2.45) is 0 Å². The highest BCUT2D eigenvalue weighted by molar-refractivity contribution is 5.94. The third-order valence-corrected chi connectivity index (χ3v) is 5.70. The molecule has 26 heavy (non-hydrogen) atoms. The zero-order valence-corrected chi connectivity index (χ0v) is 14.4. The topological polar surface area (TPSA) is 84.2 Å². The van der Waals surface area contributed by atoms with Crippen LogP contribution in [0.25, 0.3) is 5.65 Å². The molecule has 1 unspecified atom stereocenters. The summed E-state index contributed by atoms with van der Waals surface area (Å²) >= 11 is 0. The van der Waals surface area contributed by atoms with Gasteiger partial charge in [-0.05, 0) is 25.0 Å². The average Bonchev–Trinajstić information content (AvgIpc) is 3.23. The molecule has 0 spiro atoms. The number of pyridine rings is 1. The van der Waals surface area contributed by atoms with Gasteiger partial charge in [0.1, 0.15) is 11.5 Å². The van der Waals surface area contributed by atoms with Gasteiger partial charge in [0.05, 0.1) is 17.3 Å². The SMILES string of the molecule is O=C1CC(c2cnc3ccccn23)c2c(n(C3CCCCC3)[nH]c2=O)N1. The fourth-order valence-electron chi connectivity index (χ4n) is 4.46. The maximum atomic E-state index is 12.8. The van der Waals surface area contributed by atoms with Crippen LogP contribution in [-0.4, -0.2) is 25.1 Å². The number of amides is 1. The predicted octanol–water partition coefficient (Wildman–Crippen LogP) is 2.80. The normalized spacial score (nSPS) is 20.9. The lowest BCUT2D eigenvalue weighted by atomic mass is 9.90. The Kier molecular flexibility index (Phi) is 3.48. The lowest BCUT2D eigenvalue weighted by Crippen LogP contribution is -2.28. The number of aromatic amines is 1. The molecular weight excluding hydrogens is 330 g/mol. The third-order valence-electron chi connectivity index (χ3n) is 5.70. The Bertz CT molecular complexity index is 1040. The first kappa shape index (κ1) is 15.4. The van der Waals surface area contributed by atoms with Gasteiger partial charge >= 0.3 is 0 Å². The maximum absolute atomic E-state index is 12.8. The van der Waals surface area contributed by atoms with E-state index in [1.165, 1.54) is 6.42 Å². The van der Waals surface area contributed by atoms with Gasteiger partial charge in [-0.15, -0.1) is 0 Å². The summed E-state index contributed by atoms with van der Waals surface area (Å²) in [5.41, 5.74) is 2.24. The number of hydrogen-bond acceptors (Lipinski definition) is 3. The molecule has 3 aromatic rings. The Labute approximate surface area is 150 Å². The number of nitrogens with zero attached hydrogens (tertiary/aromatic N) is 3. The van der Waals surface area contributed by atoms with E-state index < -0.39 is 0 Å². The van der Waals surface area contributed by atoms with Crippen LogP contribution in [0, 0.1) is 0 Å². The maximum Gasteiger partial charge on any atom is 0.270 e. The first-order valence-electron chi connectivity index (χ1n) is 9.28. The molecule has 2 N–H and O–H groups in total. The minimum Gasteiger partial charge on any atom is -0.311 e. The summed E-state index contributed by atoms with van der Waals surface area (Å²) in [5.74, 6) is 0.302. The van der Waals surface area contributed by atoms with E-state index >= 15 is 0 Å². The van der Waals surface area contributed by atoms with Crippen LogP contribution in [-0.2, 0) is 4.79 Å². The van der Waals surface area contributed by atoms with Gasteiger partial charge in [-0.3, -0.25) is 19.4 Å². The molecule has 2 aliphatic rings. The summed E-state index contributed by atoms with van der Waals surface area (Å²) in [5, 5.41) is 5.95. The Morgan fingerprint density at radius 1 is 1.12 bits per heavy atom. The monoisotopic (exact) mass is 351 g/mol. The highest BCUT2D eigenvalue weighted by atomic mass is 16.2. The van der Waals surface area contributed by atoms with E-state index in [-0.39, 0.29) is 29.8 Å². The number of carbonyl (C=O) groups is 1. The van der Waals surface area contributed by atoms with Crippen LogP contribution >= 0.6 is 0 Å². The second-order valence-corrected chi connectivity index (χ2v) is 7.28. The molecule has 0 saturated heterocycles. The van der Waals surface area contributed by atoms with Crippen LogP contribution in [0.15, 0.2) is 35.4 Å². The summed E-state index contributed by atoms with van der Waals surface area (Å²) in [6.45, 7) is 0. The van der Waals surface area contributed by atoms with Gasteiger partial charge in [0, 0.05) is 24.7 Å². The summed E-state index contributed by atoms with van der Waals surface area (Å²) in [4.78, 5) is 29.7. The number of imidazole rings is 1. The molecule has 0 radical (unpaired) electrons. The van der Waals surface area contributed by atoms with Gasteiger partial charge in [0.15, 0.2) is 0 Å².